The molecule has 0 radical (unpaired) electrons. The number of fused-ring (bicyclic) bond motifs is 1. The smallest absolute Gasteiger partial charge is 0.153 e. The molecule has 2 saturated heterocycles. The quantitative estimate of drug-likeness (QED) is 0.765. The van der Waals surface area contributed by atoms with Crippen molar-refractivity contribution in [3.63, 3.8) is 0 Å². The van der Waals surface area contributed by atoms with Gasteiger partial charge in [-0.2, -0.15) is 0 Å². The van der Waals surface area contributed by atoms with Crippen LogP contribution in [0.5, 0.6) is 0 Å². The third-order valence-electron chi connectivity index (χ3n) is 3.07. The van der Waals surface area contributed by atoms with E-state index in [0.717, 1.165) is 10.1 Å². The molecule has 0 unspecified atom stereocenters. The molecule has 0 N–H and O–H groups in total. The fraction of sp³-hybridized carbons (Fsp3) is 0.500. The molecule has 2 aliphatic rings. The number of nitrogens with zero attached hydrogens (tertiary/aromatic N) is 1. The maximum atomic E-state index is 11.6. The van der Waals surface area contributed by atoms with Crippen molar-refractivity contribution >= 4 is 38.1 Å². The van der Waals surface area contributed by atoms with Crippen molar-refractivity contribution in [2.24, 2.45) is 0 Å². The van der Waals surface area contributed by atoms with Gasteiger partial charge in [-0.15, -0.1) is 0 Å². The average Bonchev–Trinajstić information content (AvgIpc) is 2.87. The largest absolute Gasteiger partial charge is 0.467 e. The van der Waals surface area contributed by atoms with Crippen molar-refractivity contribution < 1.29 is 12.8 Å². The Labute approximate surface area is 109 Å². The van der Waals surface area contributed by atoms with Gasteiger partial charge in [0.05, 0.1) is 30.4 Å². The minimum Gasteiger partial charge on any atom is -0.467 e. The normalized spacial score (nSPS) is 30.8. The summed E-state index contributed by atoms with van der Waals surface area (Å²) in [6.45, 7) is 0.565. The third-order valence-corrected chi connectivity index (χ3v) is 6.74. The second kappa shape index (κ2) is 4.00. The lowest BCUT2D eigenvalue weighted by Crippen LogP contribution is -2.36. The number of rotatable bonds is 2. The van der Waals surface area contributed by atoms with Gasteiger partial charge in [-0.1, -0.05) is 24.0 Å². The summed E-state index contributed by atoms with van der Waals surface area (Å²) in [5.74, 6) is 1.28. The predicted molar refractivity (Wildman–Crippen MR) is 70.7 cm³/mol. The molecule has 3 rings (SSSR count). The number of hydrogen-bond donors (Lipinski definition) is 0. The van der Waals surface area contributed by atoms with Gasteiger partial charge in [0.1, 0.15) is 10.1 Å². The second-order valence-electron chi connectivity index (χ2n) is 4.27. The van der Waals surface area contributed by atoms with Gasteiger partial charge in [0.15, 0.2) is 9.84 Å². The topological polar surface area (TPSA) is 50.5 Å². The van der Waals surface area contributed by atoms with E-state index in [1.807, 2.05) is 17.0 Å². The highest BCUT2D eigenvalue weighted by atomic mass is 32.2. The van der Waals surface area contributed by atoms with E-state index in [2.05, 4.69) is 0 Å². The molecule has 0 amide bonds. The Morgan fingerprint density at radius 2 is 2.35 bits per heavy atom. The Bertz CT molecular complexity index is 537. The monoisotopic (exact) mass is 289 g/mol. The molecule has 0 aromatic carbocycles. The Hall–Kier alpha value is -0.530. The molecule has 7 heteroatoms. The highest BCUT2D eigenvalue weighted by molar-refractivity contribution is 8.24. The first kappa shape index (κ1) is 11.6. The van der Waals surface area contributed by atoms with E-state index in [0.29, 0.717) is 6.54 Å². The summed E-state index contributed by atoms with van der Waals surface area (Å²) in [6.07, 6.45) is 1.62. The standard InChI is InChI=1S/C10H11NO3S3/c12-17(13)5-8-9(6-17)16-10(15)11(8)4-7-2-1-3-14-7/h1-3,8-9H,4-6H2/t8-,9+/m0/s1. The fourth-order valence-corrected chi connectivity index (χ4v) is 6.66. The van der Waals surface area contributed by atoms with Crippen LogP contribution in [0.3, 0.4) is 0 Å². The molecule has 1 aromatic rings. The van der Waals surface area contributed by atoms with Gasteiger partial charge in [0.2, 0.25) is 0 Å². The number of furan rings is 1. The molecule has 0 spiro atoms. The molecular weight excluding hydrogens is 278 g/mol. The molecule has 4 nitrogen and oxygen atoms in total. The lowest BCUT2D eigenvalue weighted by molar-refractivity contribution is 0.321. The van der Waals surface area contributed by atoms with E-state index in [9.17, 15) is 8.42 Å². The highest BCUT2D eigenvalue weighted by Crippen LogP contribution is 2.38. The third kappa shape index (κ3) is 2.11. The van der Waals surface area contributed by atoms with Crippen LogP contribution in [0, 0.1) is 0 Å². The van der Waals surface area contributed by atoms with Gasteiger partial charge in [-0.25, -0.2) is 8.42 Å². The van der Waals surface area contributed by atoms with E-state index in [1.165, 1.54) is 11.8 Å². The summed E-state index contributed by atoms with van der Waals surface area (Å²) in [6, 6.07) is 3.72. The van der Waals surface area contributed by atoms with E-state index >= 15 is 0 Å². The molecule has 0 saturated carbocycles. The molecule has 1 aromatic heterocycles. The number of thioether (sulfide) groups is 1. The van der Waals surface area contributed by atoms with Crippen LogP contribution in [0.25, 0.3) is 0 Å². The Morgan fingerprint density at radius 1 is 1.53 bits per heavy atom. The molecule has 2 aliphatic heterocycles. The van der Waals surface area contributed by atoms with E-state index in [-0.39, 0.29) is 22.8 Å². The summed E-state index contributed by atoms with van der Waals surface area (Å²) in [7, 11) is -2.89. The summed E-state index contributed by atoms with van der Waals surface area (Å²) in [5.41, 5.74) is 0. The SMILES string of the molecule is O=S1(=O)C[C@H]2SC(=S)N(Cc3ccco3)[C@H]2C1. The van der Waals surface area contributed by atoms with Gasteiger partial charge in [0.25, 0.3) is 0 Å². The number of thiocarbonyl (C=S) groups is 1. The van der Waals surface area contributed by atoms with Crippen LogP contribution in [0.1, 0.15) is 5.76 Å². The second-order valence-corrected chi connectivity index (χ2v) is 8.30. The van der Waals surface area contributed by atoms with Crippen molar-refractivity contribution in [1.29, 1.82) is 0 Å². The van der Waals surface area contributed by atoms with Crippen LogP contribution in [0.15, 0.2) is 22.8 Å². The first-order valence-electron chi connectivity index (χ1n) is 5.25. The van der Waals surface area contributed by atoms with E-state index in [1.54, 1.807) is 6.26 Å². The lowest BCUT2D eigenvalue weighted by atomic mass is 10.2. The van der Waals surface area contributed by atoms with Gasteiger partial charge < -0.3 is 9.32 Å². The Kier molecular flexibility index (Phi) is 2.72. The summed E-state index contributed by atoms with van der Waals surface area (Å²) < 4.78 is 29.3. The average molecular weight is 289 g/mol. The zero-order valence-corrected chi connectivity index (χ0v) is 11.4. The maximum absolute atomic E-state index is 11.6. The first-order valence-corrected chi connectivity index (χ1v) is 8.36. The van der Waals surface area contributed by atoms with Gasteiger partial charge in [-0.3, -0.25) is 0 Å². The van der Waals surface area contributed by atoms with Crippen LogP contribution in [-0.4, -0.2) is 40.4 Å². The molecule has 17 heavy (non-hydrogen) atoms. The van der Waals surface area contributed by atoms with Gasteiger partial charge in [0, 0.05) is 5.25 Å². The van der Waals surface area contributed by atoms with Gasteiger partial charge in [-0.05, 0) is 12.1 Å². The van der Waals surface area contributed by atoms with Crippen molar-refractivity contribution in [2.45, 2.75) is 17.8 Å². The zero-order valence-electron chi connectivity index (χ0n) is 8.90. The summed E-state index contributed by atoms with van der Waals surface area (Å²) in [5, 5.41) is 0.0995. The molecule has 92 valence electrons. The maximum Gasteiger partial charge on any atom is 0.153 e. The van der Waals surface area contributed by atoms with Gasteiger partial charge >= 0.3 is 0 Å². The van der Waals surface area contributed by atoms with Crippen LogP contribution in [-0.2, 0) is 16.4 Å². The molecular formula is C10H11NO3S3. The van der Waals surface area contributed by atoms with Crippen molar-refractivity contribution in [2.75, 3.05) is 11.5 Å². The molecule has 0 bridgehead atoms. The van der Waals surface area contributed by atoms with Crippen molar-refractivity contribution in [3.8, 4) is 0 Å². The first-order chi connectivity index (χ1) is 8.05. The lowest BCUT2D eigenvalue weighted by Gasteiger charge is -2.22. The number of sulfone groups is 1. The Morgan fingerprint density at radius 3 is 3.06 bits per heavy atom. The fourth-order valence-electron chi connectivity index (χ4n) is 2.28. The molecule has 2 fully saturated rings. The Balaban J connectivity index is 1.82. The summed E-state index contributed by atoms with van der Waals surface area (Å²) in [4.78, 5) is 1.98. The van der Waals surface area contributed by atoms with Crippen LogP contribution >= 0.6 is 24.0 Å². The van der Waals surface area contributed by atoms with Crippen LogP contribution < -0.4 is 0 Å². The van der Waals surface area contributed by atoms with Crippen LogP contribution in [0.2, 0.25) is 0 Å². The van der Waals surface area contributed by atoms with Crippen molar-refractivity contribution in [3.05, 3.63) is 24.2 Å². The van der Waals surface area contributed by atoms with E-state index < -0.39 is 9.84 Å². The minimum absolute atomic E-state index is 0.0163. The summed E-state index contributed by atoms with van der Waals surface area (Å²) >= 11 is 6.80. The van der Waals surface area contributed by atoms with Crippen molar-refractivity contribution in [1.82, 2.24) is 4.90 Å². The minimum atomic E-state index is -2.89. The van der Waals surface area contributed by atoms with Crippen LogP contribution in [0.4, 0.5) is 0 Å². The molecule has 0 aliphatic carbocycles. The highest BCUT2D eigenvalue weighted by Gasteiger charge is 2.47. The predicted octanol–water partition coefficient (Wildman–Crippen LogP) is 1.28. The number of hydrogen-bond acceptors (Lipinski definition) is 5. The van der Waals surface area contributed by atoms with E-state index in [4.69, 9.17) is 16.6 Å². The molecule has 3 heterocycles. The zero-order chi connectivity index (χ0) is 12.0. The molecule has 2 atom stereocenters.